The molecule has 3 rings (SSSR count). The molecule has 1 amide bonds. The Labute approximate surface area is 164 Å². The second-order valence-corrected chi connectivity index (χ2v) is 7.35. The fourth-order valence-corrected chi connectivity index (χ4v) is 4.31. The zero-order valence-corrected chi connectivity index (χ0v) is 16.8. The minimum absolute atomic E-state index is 0.0179. The molecule has 0 saturated carbocycles. The van der Waals surface area contributed by atoms with Crippen LogP contribution in [0.4, 0.5) is 0 Å². The molecule has 0 saturated heterocycles. The first-order valence-electron chi connectivity index (χ1n) is 8.91. The molecule has 1 aliphatic heterocycles. The van der Waals surface area contributed by atoms with Crippen LogP contribution in [0.3, 0.4) is 0 Å². The number of amides is 1. The highest BCUT2D eigenvalue weighted by Gasteiger charge is 2.35. The number of thiophene rings is 1. The Morgan fingerprint density at radius 1 is 1.37 bits per heavy atom. The molecule has 0 bridgehead atoms. The Bertz CT molecular complexity index is 803. The zero-order chi connectivity index (χ0) is 19.4. The van der Waals surface area contributed by atoms with E-state index in [0.717, 1.165) is 16.9 Å². The van der Waals surface area contributed by atoms with Gasteiger partial charge in [-0.3, -0.25) is 4.79 Å². The molecule has 1 aromatic carbocycles. The summed E-state index contributed by atoms with van der Waals surface area (Å²) in [6.45, 7) is 6.43. The van der Waals surface area contributed by atoms with Crippen LogP contribution in [-0.4, -0.2) is 44.3 Å². The monoisotopic (exact) mass is 387 g/mol. The van der Waals surface area contributed by atoms with Gasteiger partial charge in [0.2, 0.25) is 0 Å². The molecule has 0 spiro atoms. The van der Waals surface area contributed by atoms with Gasteiger partial charge in [-0.05, 0) is 48.1 Å². The molecule has 5 nitrogen and oxygen atoms in total. The molecule has 2 atom stereocenters. The SMILES string of the molecule is C=CCOC(C)C(=O)N1CCc2cc(OC)c(OC)cc2C1c1cccs1. The summed E-state index contributed by atoms with van der Waals surface area (Å²) in [6, 6.07) is 7.93. The molecule has 2 heterocycles. The minimum atomic E-state index is -0.521. The summed E-state index contributed by atoms with van der Waals surface area (Å²) in [5.74, 6) is 1.36. The zero-order valence-electron chi connectivity index (χ0n) is 15.9. The third-order valence-electron chi connectivity index (χ3n) is 4.78. The van der Waals surface area contributed by atoms with Crippen molar-refractivity contribution < 1.29 is 19.0 Å². The average Bonchev–Trinajstić information content (AvgIpc) is 3.23. The lowest BCUT2D eigenvalue weighted by atomic mass is 9.90. The molecular weight excluding hydrogens is 362 g/mol. The van der Waals surface area contributed by atoms with E-state index >= 15 is 0 Å². The topological polar surface area (TPSA) is 48.0 Å². The largest absolute Gasteiger partial charge is 0.493 e. The van der Waals surface area contributed by atoms with Crippen LogP contribution in [0.2, 0.25) is 0 Å². The summed E-state index contributed by atoms with van der Waals surface area (Å²) >= 11 is 1.64. The number of nitrogens with zero attached hydrogens (tertiary/aromatic N) is 1. The van der Waals surface area contributed by atoms with Gasteiger partial charge in [0.05, 0.1) is 26.9 Å². The van der Waals surface area contributed by atoms with Gasteiger partial charge < -0.3 is 19.1 Å². The maximum absolute atomic E-state index is 13.1. The van der Waals surface area contributed by atoms with Crippen molar-refractivity contribution >= 4 is 17.2 Å². The Kier molecular flexibility index (Phi) is 6.19. The molecule has 0 N–H and O–H groups in total. The number of methoxy groups -OCH3 is 2. The Hall–Kier alpha value is -2.31. The number of carbonyl (C=O) groups is 1. The van der Waals surface area contributed by atoms with Crippen molar-refractivity contribution in [3.05, 3.63) is 58.3 Å². The maximum atomic E-state index is 13.1. The van der Waals surface area contributed by atoms with Gasteiger partial charge in [-0.25, -0.2) is 0 Å². The van der Waals surface area contributed by atoms with Gasteiger partial charge in [-0.1, -0.05) is 12.1 Å². The van der Waals surface area contributed by atoms with Crippen molar-refractivity contribution in [2.24, 2.45) is 0 Å². The van der Waals surface area contributed by atoms with E-state index in [-0.39, 0.29) is 11.9 Å². The predicted molar refractivity (Wildman–Crippen MR) is 107 cm³/mol. The highest BCUT2D eigenvalue weighted by Crippen LogP contribution is 2.42. The number of ether oxygens (including phenoxy) is 3. The summed E-state index contributed by atoms with van der Waals surface area (Å²) < 4.78 is 16.5. The van der Waals surface area contributed by atoms with Crippen LogP contribution in [-0.2, 0) is 16.0 Å². The van der Waals surface area contributed by atoms with Gasteiger partial charge in [0, 0.05) is 11.4 Å². The molecule has 2 aromatic rings. The van der Waals surface area contributed by atoms with E-state index in [0.29, 0.717) is 24.7 Å². The third-order valence-corrected chi connectivity index (χ3v) is 5.71. The van der Waals surface area contributed by atoms with Crippen molar-refractivity contribution in [2.75, 3.05) is 27.4 Å². The predicted octanol–water partition coefficient (Wildman–Crippen LogP) is 3.83. The van der Waals surface area contributed by atoms with E-state index in [4.69, 9.17) is 14.2 Å². The quantitative estimate of drug-likeness (QED) is 0.678. The second kappa shape index (κ2) is 8.59. The lowest BCUT2D eigenvalue weighted by Crippen LogP contribution is -2.45. The van der Waals surface area contributed by atoms with Gasteiger partial charge in [-0.2, -0.15) is 0 Å². The molecule has 0 radical (unpaired) electrons. The van der Waals surface area contributed by atoms with Crippen LogP contribution in [0, 0.1) is 0 Å². The van der Waals surface area contributed by atoms with Crippen LogP contribution in [0.25, 0.3) is 0 Å². The fourth-order valence-electron chi connectivity index (χ4n) is 3.45. The number of hydrogen-bond donors (Lipinski definition) is 0. The van der Waals surface area contributed by atoms with Crippen molar-refractivity contribution in [2.45, 2.75) is 25.5 Å². The number of rotatable bonds is 7. The van der Waals surface area contributed by atoms with Crippen molar-refractivity contribution in [3.8, 4) is 11.5 Å². The number of fused-ring (bicyclic) bond motifs is 1. The first-order chi connectivity index (χ1) is 13.1. The summed E-state index contributed by atoms with van der Waals surface area (Å²) in [7, 11) is 3.26. The molecule has 1 aromatic heterocycles. The Morgan fingerprint density at radius 2 is 2.11 bits per heavy atom. The van der Waals surface area contributed by atoms with E-state index in [1.807, 2.05) is 28.5 Å². The molecule has 144 valence electrons. The van der Waals surface area contributed by atoms with E-state index < -0.39 is 6.10 Å². The molecule has 6 heteroatoms. The summed E-state index contributed by atoms with van der Waals surface area (Å²) in [4.78, 5) is 16.1. The minimum Gasteiger partial charge on any atom is -0.493 e. The Balaban J connectivity index is 2.03. The van der Waals surface area contributed by atoms with Crippen LogP contribution in [0.5, 0.6) is 11.5 Å². The van der Waals surface area contributed by atoms with Gasteiger partial charge >= 0.3 is 0 Å². The van der Waals surface area contributed by atoms with Gasteiger partial charge in [0.1, 0.15) is 6.10 Å². The summed E-state index contributed by atoms with van der Waals surface area (Å²) in [5.41, 5.74) is 2.25. The van der Waals surface area contributed by atoms with Gasteiger partial charge in [0.15, 0.2) is 11.5 Å². The van der Waals surface area contributed by atoms with Crippen molar-refractivity contribution in [1.82, 2.24) is 4.90 Å². The van der Waals surface area contributed by atoms with Gasteiger partial charge in [-0.15, -0.1) is 17.9 Å². The average molecular weight is 388 g/mol. The van der Waals surface area contributed by atoms with Crippen molar-refractivity contribution in [3.63, 3.8) is 0 Å². The molecule has 1 aliphatic rings. The maximum Gasteiger partial charge on any atom is 0.252 e. The highest BCUT2D eigenvalue weighted by atomic mass is 32.1. The van der Waals surface area contributed by atoms with E-state index in [1.165, 1.54) is 5.56 Å². The van der Waals surface area contributed by atoms with E-state index in [9.17, 15) is 4.79 Å². The van der Waals surface area contributed by atoms with Crippen LogP contribution >= 0.6 is 11.3 Å². The summed E-state index contributed by atoms with van der Waals surface area (Å²) in [6.07, 6.45) is 1.90. The molecule has 0 fully saturated rings. The standard InChI is InChI=1S/C21H25NO4S/c1-5-10-26-14(2)21(23)22-9-8-15-12-17(24-3)18(25-4)13-16(15)20(22)19-7-6-11-27-19/h5-7,11-14,20H,1,8-10H2,2-4H3. The van der Waals surface area contributed by atoms with Gasteiger partial charge in [0.25, 0.3) is 5.91 Å². The molecule has 0 aliphatic carbocycles. The lowest BCUT2D eigenvalue weighted by molar-refractivity contribution is -0.144. The molecular formula is C21H25NO4S. The second-order valence-electron chi connectivity index (χ2n) is 6.37. The fraction of sp³-hybridized carbons (Fsp3) is 0.381. The molecule has 27 heavy (non-hydrogen) atoms. The normalized spacial score (nSPS) is 17.1. The van der Waals surface area contributed by atoms with E-state index in [2.05, 4.69) is 12.6 Å². The molecule has 2 unspecified atom stereocenters. The lowest BCUT2D eigenvalue weighted by Gasteiger charge is -2.38. The van der Waals surface area contributed by atoms with Crippen LogP contribution in [0.15, 0.2) is 42.3 Å². The number of carbonyl (C=O) groups excluding carboxylic acids is 1. The van der Waals surface area contributed by atoms with Crippen molar-refractivity contribution in [1.29, 1.82) is 0 Å². The van der Waals surface area contributed by atoms with Crippen LogP contribution in [0.1, 0.15) is 29.0 Å². The first kappa shape index (κ1) is 19.5. The first-order valence-corrected chi connectivity index (χ1v) is 9.79. The van der Waals surface area contributed by atoms with E-state index in [1.54, 1.807) is 38.6 Å². The highest BCUT2D eigenvalue weighted by molar-refractivity contribution is 7.10. The number of hydrogen-bond acceptors (Lipinski definition) is 5. The number of benzene rings is 1. The summed E-state index contributed by atoms with van der Waals surface area (Å²) in [5, 5.41) is 2.03. The smallest absolute Gasteiger partial charge is 0.252 e. The third kappa shape index (κ3) is 3.87. The Morgan fingerprint density at radius 3 is 2.74 bits per heavy atom. The van der Waals surface area contributed by atoms with Crippen LogP contribution < -0.4 is 9.47 Å².